The van der Waals surface area contributed by atoms with Gasteiger partial charge in [0.05, 0.1) is 11.0 Å². The number of nitrogens with one attached hydrogen (secondary N) is 1. The van der Waals surface area contributed by atoms with Crippen LogP contribution >= 0.6 is 11.6 Å². The Bertz CT molecular complexity index is 734. The van der Waals surface area contributed by atoms with Gasteiger partial charge in [-0.25, -0.2) is 0 Å². The third-order valence-corrected chi connectivity index (χ3v) is 3.47. The molecule has 0 radical (unpaired) electrons. The fourth-order valence-corrected chi connectivity index (χ4v) is 2.12. The summed E-state index contributed by atoms with van der Waals surface area (Å²) >= 11 is 5.78. The molecule has 0 aliphatic heterocycles. The van der Waals surface area contributed by atoms with Gasteiger partial charge < -0.3 is 16.2 Å². The molecule has 0 heterocycles. The number of carbonyl (C=O) groups excluding carboxylic acids is 1. The van der Waals surface area contributed by atoms with Gasteiger partial charge in [0, 0.05) is 23.2 Å². The third kappa shape index (κ3) is 4.18. The van der Waals surface area contributed by atoms with Gasteiger partial charge in [0.25, 0.3) is 5.69 Å². The number of hydrogen-bond donors (Lipinski definition) is 3. The van der Waals surface area contributed by atoms with E-state index in [1.165, 1.54) is 12.1 Å². The number of aliphatic hydroxyl groups is 1. The first-order valence-corrected chi connectivity index (χ1v) is 7.02. The lowest BCUT2D eigenvalue weighted by molar-refractivity contribution is -0.384. The lowest BCUT2D eigenvalue weighted by Crippen LogP contribution is -2.14. The van der Waals surface area contributed by atoms with Crippen molar-refractivity contribution >= 4 is 28.9 Å². The molecule has 7 nitrogen and oxygen atoms in total. The van der Waals surface area contributed by atoms with Crippen LogP contribution in [0.3, 0.4) is 0 Å². The van der Waals surface area contributed by atoms with Crippen molar-refractivity contribution in [3.05, 3.63) is 68.7 Å². The summed E-state index contributed by atoms with van der Waals surface area (Å²) in [6.07, 6.45) is -0.873. The van der Waals surface area contributed by atoms with Gasteiger partial charge in [-0.15, -0.1) is 0 Å². The van der Waals surface area contributed by atoms with Crippen molar-refractivity contribution in [1.29, 1.82) is 0 Å². The Morgan fingerprint density at radius 2 is 1.96 bits per heavy atom. The van der Waals surface area contributed by atoms with Gasteiger partial charge in [0.2, 0.25) is 5.91 Å². The summed E-state index contributed by atoms with van der Waals surface area (Å²) in [5.41, 5.74) is 5.68. The maximum absolute atomic E-state index is 11.1. The predicted molar refractivity (Wildman–Crippen MR) is 86.5 cm³/mol. The summed E-state index contributed by atoms with van der Waals surface area (Å²) in [4.78, 5) is 21.6. The highest BCUT2D eigenvalue weighted by Gasteiger charge is 2.17. The van der Waals surface area contributed by atoms with Crippen molar-refractivity contribution in [3.63, 3.8) is 0 Å². The number of anilines is 1. The second kappa shape index (κ2) is 7.08. The number of rotatable bonds is 6. The van der Waals surface area contributed by atoms with Crippen molar-refractivity contribution < 1.29 is 14.8 Å². The van der Waals surface area contributed by atoms with E-state index < -0.39 is 16.9 Å². The van der Waals surface area contributed by atoms with E-state index >= 15 is 0 Å². The van der Waals surface area contributed by atoms with Crippen molar-refractivity contribution in [1.82, 2.24) is 0 Å². The van der Waals surface area contributed by atoms with Crippen molar-refractivity contribution in [2.75, 3.05) is 11.9 Å². The van der Waals surface area contributed by atoms with E-state index in [9.17, 15) is 20.0 Å². The number of aliphatic hydroxyl groups excluding tert-OH is 1. The molecule has 1 atom stereocenters. The zero-order valence-corrected chi connectivity index (χ0v) is 12.7. The monoisotopic (exact) mass is 335 g/mol. The van der Waals surface area contributed by atoms with Gasteiger partial charge in [0.15, 0.2) is 0 Å². The van der Waals surface area contributed by atoms with Crippen molar-refractivity contribution in [3.8, 4) is 0 Å². The average molecular weight is 336 g/mol. The molecule has 0 saturated heterocycles. The standard InChI is InChI=1S/C15H14ClN3O4/c16-11-4-1-9(2-5-11)14(20)8-18-12-6-3-10(15(17)21)7-13(12)19(22)23/h1-7,14,18,20H,8H2,(H2,17,21). The van der Waals surface area contributed by atoms with Crippen LogP contribution in [0.15, 0.2) is 42.5 Å². The number of nitro groups is 1. The highest BCUT2D eigenvalue weighted by atomic mass is 35.5. The highest BCUT2D eigenvalue weighted by molar-refractivity contribution is 6.30. The van der Waals surface area contributed by atoms with E-state index in [2.05, 4.69) is 5.32 Å². The zero-order chi connectivity index (χ0) is 17.0. The van der Waals surface area contributed by atoms with Crippen LogP contribution in [0.5, 0.6) is 0 Å². The second-order valence-corrected chi connectivity index (χ2v) is 5.24. The molecule has 4 N–H and O–H groups in total. The minimum absolute atomic E-state index is 0.0421. The molecular formula is C15H14ClN3O4. The number of nitrogens with two attached hydrogens (primary N) is 1. The van der Waals surface area contributed by atoms with Crippen LogP contribution < -0.4 is 11.1 Å². The van der Waals surface area contributed by atoms with Gasteiger partial charge >= 0.3 is 0 Å². The number of benzene rings is 2. The molecule has 2 rings (SSSR count). The topological polar surface area (TPSA) is 118 Å². The third-order valence-electron chi connectivity index (χ3n) is 3.22. The molecule has 1 unspecified atom stereocenters. The van der Waals surface area contributed by atoms with Gasteiger partial charge in [0.1, 0.15) is 5.69 Å². The quantitative estimate of drug-likeness (QED) is 0.553. The van der Waals surface area contributed by atoms with Crippen molar-refractivity contribution in [2.45, 2.75) is 6.10 Å². The Morgan fingerprint density at radius 3 is 2.52 bits per heavy atom. The minimum atomic E-state index is -0.873. The maximum atomic E-state index is 11.1. The summed E-state index contributed by atoms with van der Waals surface area (Å²) < 4.78 is 0. The normalized spacial score (nSPS) is 11.7. The van der Waals surface area contributed by atoms with E-state index in [1.54, 1.807) is 24.3 Å². The molecular weight excluding hydrogens is 322 g/mol. The smallest absolute Gasteiger partial charge is 0.293 e. The Morgan fingerprint density at radius 1 is 1.30 bits per heavy atom. The molecule has 0 aliphatic carbocycles. The largest absolute Gasteiger partial charge is 0.387 e. The molecule has 2 aromatic rings. The van der Waals surface area contributed by atoms with Crippen molar-refractivity contribution in [2.24, 2.45) is 5.73 Å². The van der Waals surface area contributed by atoms with Gasteiger partial charge in [-0.3, -0.25) is 14.9 Å². The first-order chi connectivity index (χ1) is 10.9. The second-order valence-electron chi connectivity index (χ2n) is 4.80. The summed E-state index contributed by atoms with van der Waals surface area (Å²) in [5.74, 6) is -0.749. The van der Waals surface area contributed by atoms with Crippen LogP contribution in [-0.4, -0.2) is 22.5 Å². The van der Waals surface area contributed by atoms with E-state index in [1.807, 2.05) is 0 Å². The molecule has 8 heteroatoms. The van der Waals surface area contributed by atoms with E-state index in [4.69, 9.17) is 17.3 Å². The first kappa shape index (κ1) is 16.7. The summed E-state index contributed by atoms with van der Waals surface area (Å²) in [7, 11) is 0. The molecule has 2 aromatic carbocycles. The molecule has 0 aromatic heterocycles. The highest BCUT2D eigenvalue weighted by Crippen LogP contribution is 2.26. The minimum Gasteiger partial charge on any atom is -0.387 e. The van der Waals surface area contributed by atoms with E-state index in [-0.39, 0.29) is 23.5 Å². The maximum Gasteiger partial charge on any atom is 0.293 e. The molecule has 0 saturated carbocycles. The number of halogens is 1. The molecule has 23 heavy (non-hydrogen) atoms. The van der Waals surface area contributed by atoms with Crippen LogP contribution in [-0.2, 0) is 0 Å². The van der Waals surface area contributed by atoms with E-state index in [0.717, 1.165) is 6.07 Å². The Hall–Kier alpha value is -2.64. The number of nitro benzene ring substituents is 1. The van der Waals surface area contributed by atoms with E-state index in [0.29, 0.717) is 10.6 Å². The van der Waals surface area contributed by atoms with Crippen LogP contribution in [0.4, 0.5) is 11.4 Å². The summed E-state index contributed by atoms with van der Waals surface area (Å²) in [5, 5.41) is 24.5. The first-order valence-electron chi connectivity index (χ1n) is 6.64. The van der Waals surface area contributed by atoms with Gasteiger partial charge in [-0.2, -0.15) is 0 Å². The fraction of sp³-hybridized carbons (Fsp3) is 0.133. The summed E-state index contributed by atoms with van der Waals surface area (Å²) in [6, 6.07) is 10.5. The van der Waals surface area contributed by atoms with Crippen LogP contribution in [0.1, 0.15) is 22.0 Å². The Labute approximate surface area is 136 Å². The number of hydrogen-bond acceptors (Lipinski definition) is 5. The molecule has 0 aliphatic rings. The van der Waals surface area contributed by atoms with Gasteiger partial charge in [-0.05, 0) is 29.8 Å². The summed E-state index contributed by atoms with van der Waals surface area (Å²) in [6.45, 7) is 0.0540. The predicted octanol–water partition coefficient (Wildman–Crippen LogP) is 2.49. The molecule has 0 fully saturated rings. The SMILES string of the molecule is NC(=O)c1ccc(NCC(O)c2ccc(Cl)cc2)c([N+](=O)[O-])c1. The number of carbonyl (C=O) groups is 1. The Kier molecular flexibility index (Phi) is 5.15. The fourth-order valence-electron chi connectivity index (χ4n) is 1.99. The number of amides is 1. The average Bonchev–Trinajstić information content (AvgIpc) is 2.52. The molecule has 0 spiro atoms. The van der Waals surface area contributed by atoms with Gasteiger partial charge in [-0.1, -0.05) is 23.7 Å². The lowest BCUT2D eigenvalue weighted by atomic mass is 10.1. The number of primary amides is 1. The zero-order valence-electron chi connectivity index (χ0n) is 11.9. The van der Waals surface area contributed by atoms with Crippen LogP contribution in [0, 0.1) is 10.1 Å². The molecule has 0 bridgehead atoms. The Balaban J connectivity index is 2.14. The van der Waals surface area contributed by atoms with Crippen LogP contribution in [0.2, 0.25) is 5.02 Å². The molecule has 120 valence electrons. The van der Waals surface area contributed by atoms with Crippen LogP contribution in [0.25, 0.3) is 0 Å². The number of nitrogens with zero attached hydrogens (tertiary/aromatic N) is 1. The lowest BCUT2D eigenvalue weighted by Gasteiger charge is -2.13. The molecule has 1 amide bonds.